The van der Waals surface area contributed by atoms with Crippen LogP contribution in [0.3, 0.4) is 0 Å². The minimum atomic E-state index is -0.312. The van der Waals surface area contributed by atoms with Crippen molar-refractivity contribution in [1.82, 2.24) is 0 Å². The van der Waals surface area contributed by atoms with Gasteiger partial charge in [-0.3, -0.25) is 0 Å². The molecule has 0 aliphatic rings. The number of hydrogen-bond acceptors (Lipinski definition) is 5. The lowest BCUT2D eigenvalue weighted by molar-refractivity contribution is -0.0830. The first kappa shape index (κ1) is 24.2. The van der Waals surface area contributed by atoms with Crippen molar-refractivity contribution in [3.63, 3.8) is 0 Å². The number of ether oxygens (including phenoxy) is 4. The maximum atomic E-state index is 6.25. The maximum absolute atomic E-state index is 6.25. The normalized spacial score (nSPS) is 14.1. The third kappa shape index (κ3) is 14.6. The summed E-state index contributed by atoms with van der Waals surface area (Å²) in [6.07, 6.45) is 4.67. The Kier molecular flexibility index (Phi) is 18.2. The van der Waals surface area contributed by atoms with E-state index in [0.717, 1.165) is 39.3 Å². The van der Waals surface area contributed by atoms with Gasteiger partial charge in [0.2, 0.25) is 0 Å². The molecule has 5 nitrogen and oxygen atoms in total. The molecule has 0 heterocycles. The van der Waals surface area contributed by atoms with Crippen LogP contribution in [-0.4, -0.2) is 63.3 Å². The Hall–Kier alpha value is 0.234. The van der Waals surface area contributed by atoms with Crippen LogP contribution in [0.25, 0.3) is 0 Å². The lowest BCUT2D eigenvalue weighted by Gasteiger charge is -2.18. The Morgan fingerprint density at radius 2 is 1.00 bits per heavy atom. The summed E-state index contributed by atoms with van der Waals surface area (Å²) in [7, 11) is -0.624. The van der Waals surface area contributed by atoms with Gasteiger partial charge in [0.1, 0.15) is 11.8 Å². The van der Waals surface area contributed by atoms with Gasteiger partial charge >= 0.3 is 0 Å². The van der Waals surface area contributed by atoms with Gasteiger partial charge in [-0.05, 0) is 40.5 Å². The summed E-state index contributed by atoms with van der Waals surface area (Å²) in [6.45, 7) is 11.1. The minimum Gasteiger partial charge on any atom is -0.357 e. The van der Waals surface area contributed by atoms with Gasteiger partial charge in [-0.25, -0.2) is 0 Å². The predicted molar refractivity (Wildman–Crippen MR) is 107 cm³/mol. The lowest BCUT2D eigenvalue weighted by atomic mass is 10.1. The molecule has 0 aromatic rings. The van der Waals surface area contributed by atoms with Gasteiger partial charge in [-0.15, -0.1) is 0 Å². The summed E-state index contributed by atoms with van der Waals surface area (Å²) in [5, 5.41) is 0. The number of hydrogen-bond donors (Lipinski definition) is 1. The van der Waals surface area contributed by atoms with Crippen molar-refractivity contribution >= 4 is 19.0 Å². The maximum Gasteiger partial charge on any atom is 0.134 e. The molecule has 0 fully saturated rings. The van der Waals surface area contributed by atoms with Crippen molar-refractivity contribution in [3.05, 3.63) is 0 Å². The zero-order valence-electron chi connectivity index (χ0n) is 16.4. The number of rotatable bonds is 18. The highest BCUT2D eigenvalue weighted by Crippen LogP contribution is 2.09. The monoisotopic (exact) mass is 379 g/mol. The molecule has 0 bridgehead atoms. The van der Waals surface area contributed by atoms with Crippen molar-refractivity contribution in [2.45, 2.75) is 83.3 Å². The van der Waals surface area contributed by atoms with Crippen molar-refractivity contribution < 1.29 is 18.9 Å². The van der Waals surface area contributed by atoms with E-state index in [2.05, 4.69) is 0 Å². The van der Waals surface area contributed by atoms with Crippen LogP contribution in [-0.2, 0) is 18.9 Å². The summed E-state index contributed by atoms with van der Waals surface area (Å²) in [6, 6.07) is 2.84. The fraction of sp³-hybridized carbons (Fsp3) is 1.00. The molecule has 24 heavy (non-hydrogen) atoms. The van der Waals surface area contributed by atoms with Crippen molar-refractivity contribution in [2.75, 3.05) is 26.4 Å². The fourth-order valence-corrected chi connectivity index (χ4v) is 6.18. The zero-order chi connectivity index (χ0) is 18.0. The number of nitrogens with two attached hydrogens (primary N) is 1. The smallest absolute Gasteiger partial charge is 0.134 e. The highest BCUT2D eigenvalue weighted by Gasteiger charge is 2.11. The van der Waals surface area contributed by atoms with Gasteiger partial charge in [-0.2, -0.15) is 0 Å². The van der Waals surface area contributed by atoms with Gasteiger partial charge in [-0.1, -0.05) is 24.9 Å². The quantitative estimate of drug-likeness (QED) is 0.223. The molecule has 2 N–H and O–H groups in total. The van der Waals surface area contributed by atoms with E-state index >= 15 is 0 Å². The van der Waals surface area contributed by atoms with E-state index in [4.69, 9.17) is 24.7 Å². The molecular weight excluding hydrogens is 338 g/mol. The molecule has 0 aliphatic carbocycles. The second-order valence-corrected chi connectivity index (χ2v) is 9.91. The van der Waals surface area contributed by atoms with Crippen LogP contribution in [0, 0.1) is 0 Å². The van der Waals surface area contributed by atoms with Crippen LogP contribution >= 0.6 is 0 Å². The first-order chi connectivity index (χ1) is 11.7. The highest BCUT2D eigenvalue weighted by molar-refractivity contribution is 6.36. The largest absolute Gasteiger partial charge is 0.357 e. The Balaban J connectivity index is 3.62. The Bertz CT molecular complexity index is 227. The Labute approximate surface area is 154 Å². The van der Waals surface area contributed by atoms with E-state index in [0.29, 0.717) is 6.04 Å². The molecule has 0 amide bonds. The SMILES string of the molecule is CCOC(OCC)[SiH2]CCCC(N)CCC[SiH2]C(OCC)OCC. The van der Waals surface area contributed by atoms with E-state index < -0.39 is 0 Å². The molecule has 0 atom stereocenters. The third-order valence-corrected chi connectivity index (χ3v) is 7.64. The van der Waals surface area contributed by atoms with Crippen molar-refractivity contribution in [3.8, 4) is 0 Å². The second kappa shape index (κ2) is 18.0. The molecule has 0 saturated carbocycles. The molecule has 0 saturated heterocycles. The summed E-state index contributed by atoms with van der Waals surface area (Å²) in [5.41, 5.74) is 6.25. The molecule has 0 aromatic heterocycles. The van der Waals surface area contributed by atoms with Crippen LogP contribution in [0.15, 0.2) is 0 Å². The molecule has 0 spiro atoms. The van der Waals surface area contributed by atoms with Gasteiger partial charge in [0, 0.05) is 32.5 Å². The van der Waals surface area contributed by atoms with E-state index in [1.54, 1.807) is 0 Å². The molecule has 0 rings (SSSR count). The van der Waals surface area contributed by atoms with Crippen LogP contribution in [0.5, 0.6) is 0 Å². The zero-order valence-corrected chi connectivity index (χ0v) is 19.3. The molecule has 0 aromatic carbocycles. The van der Waals surface area contributed by atoms with E-state index in [1.807, 2.05) is 27.7 Å². The van der Waals surface area contributed by atoms with E-state index in [1.165, 1.54) is 24.9 Å². The van der Waals surface area contributed by atoms with Crippen molar-refractivity contribution in [2.24, 2.45) is 5.73 Å². The molecule has 0 aliphatic heterocycles. The summed E-state index contributed by atoms with van der Waals surface area (Å²) in [5.74, 6) is 0.188. The topological polar surface area (TPSA) is 62.9 Å². The summed E-state index contributed by atoms with van der Waals surface area (Å²) in [4.78, 5) is 0. The molecule has 7 heteroatoms. The molecule has 0 unspecified atom stereocenters. The lowest BCUT2D eigenvalue weighted by Crippen LogP contribution is -2.26. The molecule has 0 radical (unpaired) electrons. The van der Waals surface area contributed by atoms with Crippen LogP contribution in [0.2, 0.25) is 12.1 Å². The highest BCUT2D eigenvalue weighted by atomic mass is 28.2. The van der Waals surface area contributed by atoms with Gasteiger partial charge < -0.3 is 24.7 Å². The average Bonchev–Trinajstić information content (AvgIpc) is 2.56. The van der Waals surface area contributed by atoms with Crippen LogP contribution in [0.1, 0.15) is 53.4 Å². The van der Waals surface area contributed by atoms with Crippen molar-refractivity contribution in [1.29, 1.82) is 0 Å². The van der Waals surface area contributed by atoms with Gasteiger partial charge in [0.15, 0.2) is 0 Å². The Morgan fingerprint density at radius 3 is 1.29 bits per heavy atom. The summed E-state index contributed by atoms with van der Waals surface area (Å²) >= 11 is 0. The summed E-state index contributed by atoms with van der Waals surface area (Å²) < 4.78 is 22.5. The second-order valence-electron chi connectivity index (χ2n) is 6.01. The first-order valence-corrected chi connectivity index (χ1v) is 13.5. The first-order valence-electron chi connectivity index (χ1n) is 9.89. The third-order valence-electron chi connectivity index (χ3n) is 3.94. The minimum absolute atomic E-state index is 0.0938. The predicted octanol–water partition coefficient (Wildman–Crippen LogP) is 1.76. The van der Waals surface area contributed by atoms with Gasteiger partial charge in [0.05, 0.1) is 19.0 Å². The van der Waals surface area contributed by atoms with E-state index in [9.17, 15) is 0 Å². The molecular formula is C17H41NO4Si2. The fourth-order valence-electron chi connectivity index (χ4n) is 2.75. The van der Waals surface area contributed by atoms with Crippen LogP contribution < -0.4 is 5.73 Å². The van der Waals surface area contributed by atoms with Gasteiger partial charge in [0.25, 0.3) is 0 Å². The average molecular weight is 380 g/mol. The Morgan fingerprint density at radius 1 is 0.667 bits per heavy atom. The van der Waals surface area contributed by atoms with E-state index in [-0.39, 0.29) is 30.9 Å². The van der Waals surface area contributed by atoms with Crippen LogP contribution in [0.4, 0.5) is 0 Å². The molecule has 146 valence electrons. The standard InChI is InChI=1S/C17H41NO4Si2/c1-5-19-16(20-6-2)23-13-9-11-15(18)12-10-14-24-17(21-7-3)22-8-4/h15-17H,5-14,18,23-24H2,1-4H3.